The van der Waals surface area contributed by atoms with E-state index in [2.05, 4.69) is 17.4 Å². The van der Waals surface area contributed by atoms with Crippen molar-refractivity contribution in [3.8, 4) is 0 Å². The van der Waals surface area contributed by atoms with Gasteiger partial charge in [0.2, 0.25) is 0 Å². The molecule has 1 aliphatic rings. The van der Waals surface area contributed by atoms with E-state index in [0.717, 1.165) is 37.9 Å². The Labute approximate surface area is 96.7 Å². The van der Waals surface area contributed by atoms with Crippen molar-refractivity contribution in [2.24, 2.45) is 0 Å². The van der Waals surface area contributed by atoms with Crippen molar-refractivity contribution in [3.63, 3.8) is 0 Å². The summed E-state index contributed by atoms with van der Waals surface area (Å²) >= 11 is 0. The number of nitrogens with one attached hydrogen (secondary N) is 1. The highest BCUT2D eigenvalue weighted by molar-refractivity contribution is 5.39. The number of rotatable bonds is 3. The van der Waals surface area contributed by atoms with Crippen LogP contribution in [0.4, 0.5) is 5.69 Å². The van der Waals surface area contributed by atoms with Crippen molar-refractivity contribution >= 4 is 5.69 Å². The van der Waals surface area contributed by atoms with E-state index in [1.165, 1.54) is 5.56 Å². The van der Waals surface area contributed by atoms with Crippen LogP contribution in [0.25, 0.3) is 0 Å². The van der Waals surface area contributed by atoms with Gasteiger partial charge in [-0.3, -0.25) is 0 Å². The van der Waals surface area contributed by atoms with Gasteiger partial charge in [0.1, 0.15) is 0 Å². The van der Waals surface area contributed by atoms with Crippen LogP contribution in [0, 0.1) is 0 Å². The lowest BCUT2D eigenvalue weighted by molar-refractivity contribution is 0.116. The minimum Gasteiger partial charge on any atom is -0.399 e. The van der Waals surface area contributed by atoms with Gasteiger partial charge in [-0.05, 0) is 43.4 Å². The van der Waals surface area contributed by atoms with Crippen molar-refractivity contribution in [2.45, 2.75) is 44.4 Å². The Morgan fingerprint density at radius 2 is 1.75 bits per heavy atom. The molecule has 16 heavy (non-hydrogen) atoms. The summed E-state index contributed by atoms with van der Waals surface area (Å²) < 4.78 is 0. The van der Waals surface area contributed by atoms with Gasteiger partial charge in [0.15, 0.2) is 0 Å². The Morgan fingerprint density at radius 3 is 2.38 bits per heavy atom. The molecule has 0 unspecified atom stereocenters. The molecule has 1 saturated carbocycles. The molecule has 0 spiro atoms. The van der Waals surface area contributed by atoms with Gasteiger partial charge in [-0.15, -0.1) is 0 Å². The maximum absolute atomic E-state index is 9.40. The largest absolute Gasteiger partial charge is 0.399 e. The first-order chi connectivity index (χ1) is 7.74. The Balaban J connectivity index is 1.77. The molecule has 0 aliphatic heterocycles. The van der Waals surface area contributed by atoms with Gasteiger partial charge in [0, 0.05) is 18.3 Å². The van der Waals surface area contributed by atoms with Crippen LogP contribution in [-0.4, -0.2) is 17.3 Å². The molecule has 1 fully saturated rings. The van der Waals surface area contributed by atoms with E-state index in [9.17, 15) is 5.11 Å². The maximum Gasteiger partial charge on any atom is 0.0541 e. The topological polar surface area (TPSA) is 58.3 Å². The van der Waals surface area contributed by atoms with E-state index in [1.54, 1.807) is 0 Å². The highest BCUT2D eigenvalue weighted by Crippen LogP contribution is 2.18. The molecule has 3 nitrogen and oxygen atoms in total. The summed E-state index contributed by atoms with van der Waals surface area (Å²) in [5.74, 6) is 0. The first kappa shape index (κ1) is 11.4. The van der Waals surface area contributed by atoms with E-state index in [0.29, 0.717) is 6.04 Å². The molecule has 0 amide bonds. The summed E-state index contributed by atoms with van der Waals surface area (Å²) in [6.45, 7) is 0.890. The summed E-state index contributed by atoms with van der Waals surface area (Å²) in [4.78, 5) is 0. The summed E-state index contributed by atoms with van der Waals surface area (Å²) in [5, 5.41) is 12.9. The van der Waals surface area contributed by atoms with E-state index in [-0.39, 0.29) is 6.10 Å². The summed E-state index contributed by atoms with van der Waals surface area (Å²) in [6.07, 6.45) is 3.94. The van der Waals surface area contributed by atoms with Crippen LogP contribution in [0.15, 0.2) is 24.3 Å². The second-order valence-electron chi connectivity index (χ2n) is 4.63. The Hall–Kier alpha value is -1.06. The fraction of sp³-hybridized carbons (Fsp3) is 0.538. The summed E-state index contributed by atoms with van der Waals surface area (Å²) in [5.41, 5.74) is 7.71. The second-order valence-corrected chi connectivity index (χ2v) is 4.63. The number of hydrogen-bond acceptors (Lipinski definition) is 3. The number of aliphatic hydroxyl groups is 1. The van der Waals surface area contributed by atoms with Crippen molar-refractivity contribution in [3.05, 3.63) is 29.8 Å². The minimum absolute atomic E-state index is 0.0745. The van der Waals surface area contributed by atoms with Crippen molar-refractivity contribution < 1.29 is 5.11 Å². The number of nitrogen functional groups attached to an aromatic ring is 1. The zero-order chi connectivity index (χ0) is 11.4. The second kappa shape index (κ2) is 5.32. The van der Waals surface area contributed by atoms with Crippen molar-refractivity contribution in [2.75, 3.05) is 5.73 Å². The quantitative estimate of drug-likeness (QED) is 0.679. The zero-order valence-electron chi connectivity index (χ0n) is 9.52. The molecule has 1 aliphatic carbocycles. The molecule has 0 bridgehead atoms. The molecule has 1 aromatic carbocycles. The number of anilines is 1. The monoisotopic (exact) mass is 220 g/mol. The van der Waals surface area contributed by atoms with Gasteiger partial charge in [-0.25, -0.2) is 0 Å². The third kappa shape index (κ3) is 3.22. The smallest absolute Gasteiger partial charge is 0.0541 e. The van der Waals surface area contributed by atoms with Gasteiger partial charge in [0.05, 0.1) is 6.10 Å². The van der Waals surface area contributed by atoms with Crippen LogP contribution in [0.3, 0.4) is 0 Å². The average molecular weight is 220 g/mol. The van der Waals surface area contributed by atoms with Crippen LogP contribution in [-0.2, 0) is 6.54 Å². The lowest BCUT2D eigenvalue weighted by Gasteiger charge is -2.26. The van der Waals surface area contributed by atoms with Crippen LogP contribution in [0.1, 0.15) is 31.2 Å². The Bertz CT molecular complexity index is 315. The van der Waals surface area contributed by atoms with E-state index in [1.807, 2.05) is 12.1 Å². The molecule has 1 aromatic rings. The van der Waals surface area contributed by atoms with Crippen molar-refractivity contribution in [1.82, 2.24) is 5.32 Å². The first-order valence-electron chi connectivity index (χ1n) is 6.00. The van der Waals surface area contributed by atoms with Crippen LogP contribution < -0.4 is 11.1 Å². The van der Waals surface area contributed by atoms with Gasteiger partial charge < -0.3 is 16.2 Å². The fourth-order valence-electron chi connectivity index (χ4n) is 2.18. The normalized spacial score (nSPS) is 25.6. The molecule has 0 radical (unpaired) electrons. The third-order valence-electron chi connectivity index (χ3n) is 3.27. The number of benzene rings is 1. The molecule has 0 heterocycles. The molecule has 0 atom stereocenters. The van der Waals surface area contributed by atoms with Gasteiger partial charge in [0.25, 0.3) is 0 Å². The van der Waals surface area contributed by atoms with Gasteiger partial charge in [-0.2, -0.15) is 0 Å². The van der Waals surface area contributed by atoms with Crippen LogP contribution >= 0.6 is 0 Å². The van der Waals surface area contributed by atoms with Crippen molar-refractivity contribution in [1.29, 1.82) is 0 Å². The SMILES string of the molecule is Nc1ccc(CNC2CCC(O)CC2)cc1. The fourth-order valence-corrected chi connectivity index (χ4v) is 2.18. The molecular weight excluding hydrogens is 200 g/mol. The zero-order valence-corrected chi connectivity index (χ0v) is 9.52. The number of nitrogens with two attached hydrogens (primary N) is 1. The maximum atomic E-state index is 9.40. The summed E-state index contributed by atoms with van der Waals surface area (Å²) in [7, 11) is 0. The number of hydrogen-bond donors (Lipinski definition) is 3. The standard InChI is InChI=1S/C13H20N2O/c14-11-3-1-10(2-4-11)9-15-12-5-7-13(16)8-6-12/h1-4,12-13,15-16H,5-9,14H2. The predicted octanol–water partition coefficient (Wildman–Crippen LogP) is 1.66. The lowest BCUT2D eigenvalue weighted by Crippen LogP contribution is -2.34. The highest BCUT2D eigenvalue weighted by Gasteiger charge is 2.18. The molecule has 2 rings (SSSR count). The Kier molecular flexibility index (Phi) is 3.80. The molecule has 0 saturated heterocycles. The van der Waals surface area contributed by atoms with E-state index in [4.69, 9.17) is 5.73 Å². The third-order valence-corrected chi connectivity index (χ3v) is 3.27. The van der Waals surface area contributed by atoms with E-state index < -0.39 is 0 Å². The van der Waals surface area contributed by atoms with Gasteiger partial charge in [-0.1, -0.05) is 12.1 Å². The first-order valence-corrected chi connectivity index (χ1v) is 6.00. The highest BCUT2D eigenvalue weighted by atomic mass is 16.3. The summed E-state index contributed by atoms with van der Waals surface area (Å²) in [6, 6.07) is 8.53. The molecule has 3 heteroatoms. The molecule has 4 N–H and O–H groups in total. The van der Waals surface area contributed by atoms with Crippen LogP contribution in [0.5, 0.6) is 0 Å². The molecule has 0 aromatic heterocycles. The minimum atomic E-state index is -0.0745. The Morgan fingerprint density at radius 1 is 1.12 bits per heavy atom. The number of aliphatic hydroxyl groups excluding tert-OH is 1. The van der Waals surface area contributed by atoms with Crippen LogP contribution in [0.2, 0.25) is 0 Å². The molecule has 88 valence electrons. The average Bonchev–Trinajstić information content (AvgIpc) is 2.30. The predicted molar refractivity (Wildman–Crippen MR) is 66.0 cm³/mol. The lowest BCUT2D eigenvalue weighted by atomic mass is 9.93. The van der Waals surface area contributed by atoms with E-state index >= 15 is 0 Å². The van der Waals surface area contributed by atoms with Gasteiger partial charge >= 0.3 is 0 Å². The molecular formula is C13H20N2O.